The fraction of sp³-hybridized carbons (Fsp3) is 0.150. The Morgan fingerprint density at radius 1 is 1.12 bits per heavy atom. The van der Waals surface area contributed by atoms with Crippen LogP contribution in [0, 0.1) is 6.92 Å². The van der Waals surface area contributed by atoms with E-state index in [9.17, 15) is 9.00 Å². The molecule has 134 valence electrons. The minimum absolute atomic E-state index is 0.197. The van der Waals surface area contributed by atoms with Crippen molar-refractivity contribution in [2.45, 2.75) is 24.1 Å². The van der Waals surface area contributed by atoms with Crippen LogP contribution in [0.3, 0.4) is 0 Å². The van der Waals surface area contributed by atoms with Gasteiger partial charge in [0.1, 0.15) is 5.76 Å². The first-order chi connectivity index (χ1) is 12.5. The topological polar surface area (TPSA) is 59.3 Å². The monoisotopic (exact) mass is 387 g/mol. The maximum atomic E-state index is 12.4. The van der Waals surface area contributed by atoms with Crippen LogP contribution in [0.25, 0.3) is 0 Å². The molecule has 3 rings (SSSR count). The quantitative estimate of drug-likeness (QED) is 0.678. The van der Waals surface area contributed by atoms with Gasteiger partial charge in [0, 0.05) is 16.5 Å². The van der Waals surface area contributed by atoms with E-state index in [0.29, 0.717) is 17.3 Å². The van der Waals surface area contributed by atoms with E-state index in [2.05, 4.69) is 5.32 Å². The molecule has 0 aliphatic carbocycles. The van der Waals surface area contributed by atoms with Crippen LogP contribution in [0.4, 0.5) is 0 Å². The Labute approximate surface area is 159 Å². The van der Waals surface area contributed by atoms with Gasteiger partial charge in [0.2, 0.25) is 0 Å². The van der Waals surface area contributed by atoms with Crippen LogP contribution in [0.1, 0.15) is 27.4 Å². The Morgan fingerprint density at radius 2 is 1.88 bits per heavy atom. The van der Waals surface area contributed by atoms with Crippen molar-refractivity contribution in [1.29, 1.82) is 0 Å². The molecule has 0 radical (unpaired) electrons. The van der Waals surface area contributed by atoms with Crippen molar-refractivity contribution in [3.8, 4) is 0 Å². The van der Waals surface area contributed by atoms with Crippen molar-refractivity contribution in [2.24, 2.45) is 0 Å². The minimum Gasteiger partial charge on any atom is -0.455 e. The third kappa shape index (κ3) is 4.84. The molecule has 0 aliphatic heterocycles. The summed E-state index contributed by atoms with van der Waals surface area (Å²) in [6.45, 7) is 2.33. The van der Waals surface area contributed by atoms with E-state index in [1.165, 1.54) is 0 Å². The lowest BCUT2D eigenvalue weighted by molar-refractivity contribution is 0.0921. The highest BCUT2D eigenvalue weighted by molar-refractivity contribution is 7.84. The Hall–Kier alpha value is -2.37. The van der Waals surface area contributed by atoms with Gasteiger partial charge >= 0.3 is 0 Å². The van der Waals surface area contributed by atoms with Gasteiger partial charge in [0.15, 0.2) is 5.76 Å². The summed E-state index contributed by atoms with van der Waals surface area (Å²) in [7, 11) is -1.22. The average molecular weight is 388 g/mol. The molecular weight excluding hydrogens is 370 g/mol. The van der Waals surface area contributed by atoms with Gasteiger partial charge < -0.3 is 9.73 Å². The summed E-state index contributed by atoms with van der Waals surface area (Å²) in [4.78, 5) is 12.9. The summed E-state index contributed by atoms with van der Waals surface area (Å²) >= 11 is 5.93. The molecule has 0 spiro atoms. The number of carbonyl (C=O) groups is 1. The lowest BCUT2D eigenvalue weighted by atomic mass is 10.2. The molecule has 26 heavy (non-hydrogen) atoms. The maximum Gasteiger partial charge on any atom is 0.287 e. The number of halogens is 1. The van der Waals surface area contributed by atoms with Crippen LogP contribution in [0.5, 0.6) is 0 Å². The normalized spacial score (nSPS) is 11.9. The average Bonchev–Trinajstić information content (AvgIpc) is 3.09. The number of amides is 1. The highest BCUT2D eigenvalue weighted by Gasteiger charge is 2.13. The van der Waals surface area contributed by atoms with Crippen molar-refractivity contribution in [3.05, 3.63) is 88.3 Å². The fourth-order valence-electron chi connectivity index (χ4n) is 2.40. The third-order valence-corrected chi connectivity index (χ3v) is 5.36. The van der Waals surface area contributed by atoms with Gasteiger partial charge in [-0.05, 0) is 48.9 Å². The fourth-order valence-corrected chi connectivity index (χ4v) is 3.63. The molecular formula is C20H18ClNO3S. The Bertz CT molecular complexity index is 934. The summed E-state index contributed by atoms with van der Waals surface area (Å²) in [5.41, 5.74) is 2.01. The lowest BCUT2D eigenvalue weighted by Gasteiger charge is -2.04. The highest BCUT2D eigenvalue weighted by atomic mass is 35.5. The first kappa shape index (κ1) is 18.4. The van der Waals surface area contributed by atoms with Crippen LogP contribution in [-0.2, 0) is 23.1 Å². The third-order valence-electron chi connectivity index (χ3n) is 3.78. The van der Waals surface area contributed by atoms with Gasteiger partial charge in [-0.25, -0.2) is 0 Å². The standard InChI is InChI=1S/C20H18ClNO3S/c1-14-5-8-18(9-6-14)26(24)13-17-7-10-19(25-17)20(23)22-12-15-3-2-4-16(21)11-15/h2-11H,12-13H2,1H3,(H,22,23). The van der Waals surface area contributed by atoms with Gasteiger partial charge in [-0.1, -0.05) is 41.4 Å². The lowest BCUT2D eigenvalue weighted by Crippen LogP contribution is -2.22. The molecule has 1 N–H and O–H groups in total. The zero-order chi connectivity index (χ0) is 18.5. The second kappa shape index (κ2) is 8.34. The minimum atomic E-state index is -1.22. The van der Waals surface area contributed by atoms with Crippen molar-refractivity contribution in [3.63, 3.8) is 0 Å². The number of hydrogen-bond donors (Lipinski definition) is 1. The Morgan fingerprint density at radius 3 is 2.62 bits per heavy atom. The van der Waals surface area contributed by atoms with Crippen molar-refractivity contribution < 1.29 is 13.4 Å². The smallest absolute Gasteiger partial charge is 0.287 e. The van der Waals surface area contributed by atoms with E-state index < -0.39 is 10.8 Å². The van der Waals surface area contributed by atoms with E-state index in [1.807, 2.05) is 43.3 Å². The summed E-state index contributed by atoms with van der Waals surface area (Å²) in [5.74, 6) is 0.613. The molecule has 0 aliphatic rings. The van der Waals surface area contributed by atoms with Crippen molar-refractivity contribution in [2.75, 3.05) is 0 Å². The van der Waals surface area contributed by atoms with Gasteiger partial charge in [0.05, 0.1) is 16.6 Å². The molecule has 3 aromatic rings. The number of furan rings is 1. The molecule has 2 aromatic carbocycles. The van der Waals surface area contributed by atoms with Crippen LogP contribution in [0.2, 0.25) is 5.02 Å². The van der Waals surface area contributed by atoms with Crippen LogP contribution in [0.15, 0.2) is 70.0 Å². The van der Waals surface area contributed by atoms with Gasteiger partial charge in [-0.3, -0.25) is 9.00 Å². The van der Waals surface area contributed by atoms with Gasteiger partial charge in [-0.2, -0.15) is 0 Å². The van der Waals surface area contributed by atoms with E-state index in [1.54, 1.807) is 24.3 Å². The number of hydrogen-bond acceptors (Lipinski definition) is 3. The Balaban J connectivity index is 1.59. The van der Waals surface area contributed by atoms with Gasteiger partial charge in [-0.15, -0.1) is 0 Å². The molecule has 4 nitrogen and oxygen atoms in total. The Kier molecular flexibility index (Phi) is 5.91. The van der Waals surface area contributed by atoms with E-state index >= 15 is 0 Å². The summed E-state index contributed by atoms with van der Waals surface area (Å²) < 4.78 is 17.9. The van der Waals surface area contributed by atoms with Gasteiger partial charge in [0.25, 0.3) is 5.91 Å². The maximum absolute atomic E-state index is 12.4. The molecule has 1 atom stereocenters. The first-order valence-corrected chi connectivity index (χ1v) is 9.77. The largest absolute Gasteiger partial charge is 0.455 e. The molecule has 0 saturated carbocycles. The molecule has 0 bridgehead atoms. The molecule has 1 amide bonds. The van der Waals surface area contributed by atoms with E-state index in [4.69, 9.17) is 16.0 Å². The summed E-state index contributed by atoms with van der Waals surface area (Å²) in [5, 5.41) is 3.40. The summed E-state index contributed by atoms with van der Waals surface area (Å²) in [6, 6.07) is 18.1. The SMILES string of the molecule is Cc1ccc(S(=O)Cc2ccc(C(=O)NCc3cccc(Cl)c3)o2)cc1. The number of nitrogens with one attached hydrogen (secondary N) is 1. The number of carbonyl (C=O) groups excluding carboxylic acids is 1. The molecule has 1 aromatic heterocycles. The number of aryl methyl sites for hydroxylation is 1. The number of benzene rings is 2. The zero-order valence-electron chi connectivity index (χ0n) is 14.2. The van der Waals surface area contributed by atoms with Crippen LogP contribution in [-0.4, -0.2) is 10.1 Å². The van der Waals surface area contributed by atoms with E-state index in [-0.39, 0.29) is 17.4 Å². The summed E-state index contributed by atoms with van der Waals surface area (Å²) in [6.07, 6.45) is 0. The highest BCUT2D eigenvalue weighted by Crippen LogP contribution is 2.16. The second-order valence-corrected chi connectivity index (χ2v) is 7.77. The predicted octanol–water partition coefficient (Wildman–Crippen LogP) is 4.48. The first-order valence-electron chi connectivity index (χ1n) is 8.07. The molecule has 0 fully saturated rings. The number of rotatable bonds is 6. The molecule has 6 heteroatoms. The molecule has 1 unspecified atom stereocenters. The molecule has 1 heterocycles. The van der Waals surface area contributed by atoms with E-state index in [0.717, 1.165) is 16.0 Å². The van der Waals surface area contributed by atoms with Crippen molar-refractivity contribution >= 4 is 28.3 Å². The predicted molar refractivity (Wildman–Crippen MR) is 103 cm³/mol. The van der Waals surface area contributed by atoms with Crippen molar-refractivity contribution in [1.82, 2.24) is 5.32 Å². The zero-order valence-corrected chi connectivity index (χ0v) is 15.8. The van der Waals surface area contributed by atoms with Crippen LogP contribution >= 0.6 is 11.6 Å². The molecule has 0 saturated heterocycles. The second-order valence-electron chi connectivity index (χ2n) is 5.88. The van der Waals surface area contributed by atoms with Crippen LogP contribution < -0.4 is 5.32 Å².